The molecule has 0 saturated heterocycles. The van der Waals surface area contributed by atoms with Gasteiger partial charge in [0.05, 0.1) is 11.9 Å². The molecule has 2 rings (SSSR count). The molecule has 0 spiro atoms. The number of esters is 1. The minimum Gasteiger partial charge on any atom is -0.425 e. The van der Waals surface area contributed by atoms with Gasteiger partial charge in [-0.3, -0.25) is 4.79 Å². The molecule has 3 N–H and O–H groups in total. The predicted octanol–water partition coefficient (Wildman–Crippen LogP) is 0.698. The molecule has 1 heterocycles. The second kappa shape index (κ2) is 5.92. The SMILES string of the molecule is N[C@@H](Cc1cnc[nH]1)C(=O)Oc1ccccc1C=O. The van der Waals surface area contributed by atoms with Crippen molar-refractivity contribution in [3.8, 4) is 5.75 Å². The summed E-state index contributed by atoms with van der Waals surface area (Å²) >= 11 is 0. The van der Waals surface area contributed by atoms with Crippen molar-refractivity contribution < 1.29 is 14.3 Å². The number of carbonyl (C=O) groups is 2. The summed E-state index contributed by atoms with van der Waals surface area (Å²) in [5, 5.41) is 0. The predicted molar refractivity (Wildman–Crippen MR) is 67.7 cm³/mol. The zero-order chi connectivity index (χ0) is 13.7. The topological polar surface area (TPSA) is 98.1 Å². The number of H-pyrrole nitrogens is 1. The Kier molecular flexibility index (Phi) is 4.04. The Morgan fingerprint density at radius 2 is 2.26 bits per heavy atom. The average molecular weight is 259 g/mol. The van der Waals surface area contributed by atoms with Crippen LogP contribution in [0.3, 0.4) is 0 Å². The van der Waals surface area contributed by atoms with Gasteiger partial charge in [0.25, 0.3) is 0 Å². The lowest BCUT2D eigenvalue weighted by Crippen LogP contribution is -2.36. The number of imidazole rings is 1. The second-order valence-electron chi connectivity index (χ2n) is 3.96. The highest BCUT2D eigenvalue weighted by atomic mass is 16.5. The standard InChI is InChI=1S/C13H13N3O3/c14-11(5-10-6-15-8-16-10)13(18)19-12-4-2-1-3-9(12)7-17/h1-4,6-8,11H,5,14H2,(H,15,16)/t11-/m0/s1. The van der Waals surface area contributed by atoms with Gasteiger partial charge < -0.3 is 15.5 Å². The van der Waals surface area contributed by atoms with Gasteiger partial charge in [-0.05, 0) is 12.1 Å². The highest BCUT2D eigenvalue weighted by Crippen LogP contribution is 2.16. The van der Waals surface area contributed by atoms with Crippen LogP contribution in [-0.2, 0) is 11.2 Å². The van der Waals surface area contributed by atoms with E-state index in [9.17, 15) is 9.59 Å². The molecule has 0 amide bonds. The van der Waals surface area contributed by atoms with Gasteiger partial charge >= 0.3 is 5.97 Å². The van der Waals surface area contributed by atoms with Gasteiger partial charge in [-0.25, -0.2) is 9.78 Å². The molecule has 0 aliphatic heterocycles. The van der Waals surface area contributed by atoms with E-state index in [1.165, 1.54) is 6.33 Å². The van der Waals surface area contributed by atoms with Gasteiger partial charge in [0.15, 0.2) is 6.29 Å². The third kappa shape index (κ3) is 3.26. The number of aromatic nitrogens is 2. The first kappa shape index (κ1) is 13.0. The molecule has 0 aliphatic carbocycles. The van der Waals surface area contributed by atoms with Crippen molar-refractivity contribution in [2.24, 2.45) is 5.73 Å². The fourth-order valence-corrected chi connectivity index (χ4v) is 1.57. The monoisotopic (exact) mass is 259 g/mol. The molecule has 98 valence electrons. The second-order valence-corrected chi connectivity index (χ2v) is 3.96. The van der Waals surface area contributed by atoms with Crippen LogP contribution >= 0.6 is 0 Å². The molecule has 19 heavy (non-hydrogen) atoms. The summed E-state index contributed by atoms with van der Waals surface area (Å²) in [5.41, 5.74) is 6.79. The van der Waals surface area contributed by atoms with E-state index in [-0.39, 0.29) is 5.75 Å². The van der Waals surface area contributed by atoms with E-state index in [0.29, 0.717) is 18.3 Å². The molecule has 6 nitrogen and oxygen atoms in total. The van der Waals surface area contributed by atoms with Crippen molar-refractivity contribution in [1.82, 2.24) is 9.97 Å². The molecule has 0 radical (unpaired) electrons. The number of hydrogen-bond donors (Lipinski definition) is 2. The first-order valence-electron chi connectivity index (χ1n) is 5.69. The number of carbonyl (C=O) groups excluding carboxylic acids is 2. The minimum atomic E-state index is -0.819. The number of aldehydes is 1. The van der Waals surface area contributed by atoms with Crippen LogP contribution < -0.4 is 10.5 Å². The number of nitrogens with one attached hydrogen (secondary N) is 1. The lowest BCUT2D eigenvalue weighted by Gasteiger charge is -2.11. The van der Waals surface area contributed by atoms with E-state index < -0.39 is 12.0 Å². The zero-order valence-electron chi connectivity index (χ0n) is 10.1. The maximum absolute atomic E-state index is 11.8. The molecular weight excluding hydrogens is 246 g/mol. The molecule has 1 aromatic carbocycles. The van der Waals surface area contributed by atoms with Gasteiger partial charge in [-0.15, -0.1) is 0 Å². The molecule has 0 bridgehead atoms. The normalized spacial score (nSPS) is 11.8. The summed E-state index contributed by atoms with van der Waals surface area (Å²) in [6, 6.07) is 5.66. The highest BCUT2D eigenvalue weighted by molar-refractivity contribution is 5.84. The van der Waals surface area contributed by atoms with Crippen LogP contribution in [0.5, 0.6) is 5.75 Å². The van der Waals surface area contributed by atoms with E-state index in [1.807, 2.05) is 0 Å². The molecule has 2 aromatic rings. The molecule has 0 saturated carbocycles. The van der Waals surface area contributed by atoms with E-state index >= 15 is 0 Å². The molecule has 0 fully saturated rings. The first-order valence-corrected chi connectivity index (χ1v) is 5.69. The van der Waals surface area contributed by atoms with Crippen molar-refractivity contribution in [3.63, 3.8) is 0 Å². The summed E-state index contributed by atoms with van der Waals surface area (Å²) in [5.74, 6) is -0.383. The third-order valence-corrected chi connectivity index (χ3v) is 2.55. The molecule has 6 heteroatoms. The summed E-state index contributed by atoms with van der Waals surface area (Å²) in [4.78, 5) is 29.3. The van der Waals surface area contributed by atoms with Gasteiger partial charge in [-0.2, -0.15) is 0 Å². The Bertz CT molecular complexity index is 566. The van der Waals surface area contributed by atoms with Gasteiger partial charge in [-0.1, -0.05) is 12.1 Å². The van der Waals surface area contributed by atoms with Gasteiger partial charge in [0.2, 0.25) is 0 Å². The van der Waals surface area contributed by atoms with Crippen LogP contribution in [0, 0.1) is 0 Å². The number of rotatable bonds is 5. The van der Waals surface area contributed by atoms with Crippen LogP contribution in [0.25, 0.3) is 0 Å². The third-order valence-electron chi connectivity index (χ3n) is 2.55. The maximum Gasteiger partial charge on any atom is 0.328 e. The van der Waals surface area contributed by atoms with E-state index in [4.69, 9.17) is 10.5 Å². The molecule has 0 aliphatic rings. The number of aromatic amines is 1. The molecule has 1 aromatic heterocycles. The largest absolute Gasteiger partial charge is 0.425 e. The van der Waals surface area contributed by atoms with Crippen molar-refractivity contribution in [2.75, 3.05) is 0 Å². The van der Waals surface area contributed by atoms with Crippen molar-refractivity contribution >= 4 is 12.3 Å². The summed E-state index contributed by atoms with van der Waals surface area (Å²) in [6.07, 6.45) is 4.02. The van der Waals surface area contributed by atoms with E-state index in [2.05, 4.69) is 9.97 Å². The Morgan fingerprint density at radius 1 is 1.47 bits per heavy atom. The Labute approximate surface area is 109 Å². The Morgan fingerprint density at radius 3 is 2.95 bits per heavy atom. The van der Waals surface area contributed by atoms with Crippen LogP contribution in [0.15, 0.2) is 36.8 Å². The lowest BCUT2D eigenvalue weighted by atomic mass is 10.2. The number of para-hydroxylation sites is 1. The number of nitrogens with zero attached hydrogens (tertiary/aromatic N) is 1. The minimum absolute atomic E-state index is 0.211. The van der Waals surface area contributed by atoms with Crippen molar-refractivity contribution in [1.29, 1.82) is 0 Å². The number of nitrogens with two attached hydrogens (primary N) is 1. The number of hydrogen-bond acceptors (Lipinski definition) is 5. The summed E-state index contributed by atoms with van der Waals surface area (Å²) < 4.78 is 5.12. The smallest absolute Gasteiger partial charge is 0.328 e. The quantitative estimate of drug-likeness (QED) is 0.468. The zero-order valence-corrected chi connectivity index (χ0v) is 10.1. The highest BCUT2D eigenvalue weighted by Gasteiger charge is 2.18. The lowest BCUT2D eigenvalue weighted by molar-refractivity contribution is -0.135. The number of benzene rings is 1. The maximum atomic E-state index is 11.8. The average Bonchev–Trinajstić information content (AvgIpc) is 2.92. The molecular formula is C13H13N3O3. The summed E-state index contributed by atoms with van der Waals surface area (Å²) in [7, 11) is 0. The van der Waals surface area contributed by atoms with E-state index in [0.717, 1.165) is 5.69 Å². The van der Waals surface area contributed by atoms with Crippen molar-refractivity contribution in [2.45, 2.75) is 12.5 Å². The van der Waals surface area contributed by atoms with Gasteiger partial charge in [0.1, 0.15) is 11.8 Å². The number of ether oxygens (including phenoxy) is 1. The first-order chi connectivity index (χ1) is 9.20. The van der Waals surface area contributed by atoms with Crippen LogP contribution in [0.2, 0.25) is 0 Å². The van der Waals surface area contributed by atoms with Gasteiger partial charge in [0, 0.05) is 18.3 Å². The van der Waals surface area contributed by atoms with Crippen LogP contribution in [0.4, 0.5) is 0 Å². The van der Waals surface area contributed by atoms with Crippen LogP contribution in [0.1, 0.15) is 16.1 Å². The molecule has 0 unspecified atom stereocenters. The van der Waals surface area contributed by atoms with E-state index in [1.54, 1.807) is 30.5 Å². The molecule has 1 atom stereocenters. The fourth-order valence-electron chi connectivity index (χ4n) is 1.57. The van der Waals surface area contributed by atoms with Crippen LogP contribution in [-0.4, -0.2) is 28.3 Å². The fraction of sp³-hybridized carbons (Fsp3) is 0.154. The summed E-state index contributed by atoms with van der Waals surface area (Å²) in [6.45, 7) is 0. The Hall–Kier alpha value is -2.47. The Balaban J connectivity index is 2.02. The van der Waals surface area contributed by atoms with Crippen molar-refractivity contribution in [3.05, 3.63) is 48.0 Å².